The molecule has 1 unspecified atom stereocenters. The van der Waals surface area contributed by atoms with Gasteiger partial charge in [-0.25, -0.2) is 4.99 Å². The highest BCUT2D eigenvalue weighted by molar-refractivity contribution is 5.78. The highest BCUT2D eigenvalue weighted by Crippen LogP contribution is 1.97. The van der Waals surface area contributed by atoms with Gasteiger partial charge in [0.2, 0.25) is 5.89 Å². The van der Waals surface area contributed by atoms with Crippen LogP contribution >= 0.6 is 0 Å². The lowest BCUT2D eigenvalue weighted by atomic mass is 10.4. The Hall–Kier alpha value is -1.63. The predicted molar refractivity (Wildman–Crippen MR) is 58.8 cm³/mol. The van der Waals surface area contributed by atoms with Crippen LogP contribution in [0.5, 0.6) is 0 Å². The first kappa shape index (κ1) is 12.4. The number of nitrogens with zero attached hydrogens (tertiary/aromatic N) is 3. The van der Waals surface area contributed by atoms with Crippen molar-refractivity contribution in [1.29, 1.82) is 0 Å². The molecule has 0 radical (unpaired) electrons. The van der Waals surface area contributed by atoms with Crippen molar-refractivity contribution in [1.82, 2.24) is 15.5 Å². The van der Waals surface area contributed by atoms with Gasteiger partial charge >= 0.3 is 0 Å². The third-order valence-corrected chi connectivity index (χ3v) is 1.77. The number of nitrogens with two attached hydrogens (primary N) is 1. The molecule has 16 heavy (non-hydrogen) atoms. The lowest BCUT2D eigenvalue weighted by Gasteiger charge is -2.12. The average molecular weight is 227 g/mol. The number of aryl methyl sites for hydroxylation is 1. The van der Waals surface area contributed by atoms with Crippen molar-refractivity contribution in [2.45, 2.75) is 26.4 Å². The molecule has 0 aliphatic heterocycles. The molecule has 0 aromatic carbocycles. The van der Waals surface area contributed by atoms with Crippen LogP contribution in [-0.2, 0) is 11.3 Å². The number of hydrogen-bond donors (Lipinski definition) is 2. The van der Waals surface area contributed by atoms with Gasteiger partial charge in [-0.2, -0.15) is 4.98 Å². The van der Waals surface area contributed by atoms with Crippen molar-refractivity contribution in [2.75, 3.05) is 13.7 Å². The van der Waals surface area contributed by atoms with E-state index >= 15 is 0 Å². The van der Waals surface area contributed by atoms with Gasteiger partial charge in [0.1, 0.15) is 6.54 Å². The molecule has 0 saturated heterocycles. The van der Waals surface area contributed by atoms with Crippen LogP contribution in [0.15, 0.2) is 9.52 Å². The molecule has 0 bridgehead atoms. The third kappa shape index (κ3) is 4.26. The zero-order chi connectivity index (χ0) is 12.0. The monoisotopic (exact) mass is 227 g/mol. The number of aromatic nitrogens is 2. The van der Waals surface area contributed by atoms with E-state index in [1.807, 2.05) is 6.92 Å². The Morgan fingerprint density at radius 2 is 2.44 bits per heavy atom. The van der Waals surface area contributed by atoms with Gasteiger partial charge in [0, 0.05) is 13.2 Å². The Morgan fingerprint density at radius 1 is 1.69 bits per heavy atom. The number of aliphatic imine (C=N–C) groups is 1. The lowest BCUT2D eigenvalue weighted by molar-refractivity contribution is 0.179. The van der Waals surface area contributed by atoms with Gasteiger partial charge in [-0.3, -0.25) is 0 Å². The van der Waals surface area contributed by atoms with Gasteiger partial charge in [0.05, 0.1) is 6.61 Å². The van der Waals surface area contributed by atoms with Crippen LogP contribution in [0, 0.1) is 6.92 Å². The van der Waals surface area contributed by atoms with Crippen LogP contribution in [0.1, 0.15) is 18.6 Å². The van der Waals surface area contributed by atoms with Crippen molar-refractivity contribution in [3.05, 3.63) is 11.7 Å². The molecule has 7 nitrogen and oxygen atoms in total. The summed E-state index contributed by atoms with van der Waals surface area (Å²) in [4.78, 5) is 8.07. The van der Waals surface area contributed by atoms with Gasteiger partial charge in [-0.05, 0) is 13.8 Å². The first-order chi connectivity index (χ1) is 7.61. The summed E-state index contributed by atoms with van der Waals surface area (Å²) >= 11 is 0. The molecule has 1 atom stereocenters. The lowest BCUT2D eigenvalue weighted by Crippen LogP contribution is -2.40. The van der Waals surface area contributed by atoms with E-state index in [0.29, 0.717) is 24.3 Å². The summed E-state index contributed by atoms with van der Waals surface area (Å²) in [5, 5.41) is 6.62. The van der Waals surface area contributed by atoms with Crippen molar-refractivity contribution >= 4 is 5.96 Å². The standard InChI is InChI=1S/C9H17N5O2/c1-6(5-15-3)12-9(10)11-4-8-13-7(2)14-16-8/h6H,4-5H2,1-3H3,(H3,10,11,12). The van der Waals surface area contributed by atoms with Crippen LogP contribution in [0.25, 0.3) is 0 Å². The second-order valence-electron chi connectivity index (χ2n) is 3.44. The summed E-state index contributed by atoms with van der Waals surface area (Å²) in [5.74, 6) is 1.37. The number of rotatable bonds is 5. The van der Waals surface area contributed by atoms with Gasteiger partial charge < -0.3 is 20.3 Å². The molecule has 1 aromatic rings. The SMILES string of the molecule is COCC(C)NC(N)=NCc1nc(C)no1. The normalized spacial score (nSPS) is 13.8. The van der Waals surface area contributed by atoms with Crippen molar-refractivity contribution in [3.8, 4) is 0 Å². The number of methoxy groups -OCH3 is 1. The van der Waals surface area contributed by atoms with E-state index in [9.17, 15) is 0 Å². The fraction of sp³-hybridized carbons (Fsp3) is 0.667. The second-order valence-corrected chi connectivity index (χ2v) is 3.44. The minimum absolute atomic E-state index is 0.109. The van der Waals surface area contributed by atoms with Crippen LogP contribution in [-0.4, -0.2) is 35.9 Å². The van der Waals surface area contributed by atoms with Crippen molar-refractivity contribution < 1.29 is 9.26 Å². The molecule has 0 saturated carbocycles. The summed E-state index contributed by atoms with van der Waals surface area (Å²) in [6, 6.07) is 0.109. The van der Waals surface area contributed by atoms with Crippen LogP contribution in [0.4, 0.5) is 0 Å². The topological polar surface area (TPSA) is 98.6 Å². The minimum atomic E-state index is 0.109. The summed E-state index contributed by atoms with van der Waals surface area (Å²) in [7, 11) is 1.63. The van der Waals surface area contributed by atoms with Gasteiger partial charge in [-0.15, -0.1) is 0 Å². The molecule has 3 N–H and O–H groups in total. The molecule has 1 heterocycles. The fourth-order valence-corrected chi connectivity index (χ4v) is 1.15. The Labute approximate surface area is 94.1 Å². The first-order valence-corrected chi connectivity index (χ1v) is 4.96. The van der Waals surface area contributed by atoms with E-state index in [1.165, 1.54) is 0 Å². The Balaban J connectivity index is 2.39. The average Bonchev–Trinajstić information content (AvgIpc) is 2.61. The zero-order valence-corrected chi connectivity index (χ0v) is 9.73. The van der Waals surface area contributed by atoms with Crippen molar-refractivity contribution in [2.24, 2.45) is 10.7 Å². The van der Waals surface area contributed by atoms with E-state index < -0.39 is 0 Å². The Bertz CT molecular complexity index is 349. The van der Waals surface area contributed by atoms with Crippen molar-refractivity contribution in [3.63, 3.8) is 0 Å². The van der Waals surface area contributed by atoms with Crippen LogP contribution < -0.4 is 11.1 Å². The highest BCUT2D eigenvalue weighted by atomic mass is 16.5. The molecular weight excluding hydrogens is 210 g/mol. The van der Waals surface area contributed by atoms with Crippen LogP contribution in [0.3, 0.4) is 0 Å². The molecule has 0 spiro atoms. The van der Waals surface area contributed by atoms with E-state index in [0.717, 1.165) is 0 Å². The number of nitrogens with one attached hydrogen (secondary N) is 1. The van der Waals surface area contributed by atoms with E-state index in [4.69, 9.17) is 15.0 Å². The summed E-state index contributed by atoms with van der Waals surface area (Å²) < 4.78 is 9.85. The Morgan fingerprint density at radius 3 is 3.00 bits per heavy atom. The molecule has 1 rings (SSSR count). The predicted octanol–water partition coefficient (Wildman–Crippen LogP) is -0.183. The van der Waals surface area contributed by atoms with Gasteiger partial charge in [-0.1, -0.05) is 5.16 Å². The number of guanidine groups is 1. The van der Waals surface area contributed by atoms with Gasteiger partial charge in [0.15, 0.2) is 11.8 Å². The molecular formula is C9H17N5O2. The number of ether oxygens (including phenoxy) is 1. The summed E-state index contributed by atoms with van der Waals surface area (Å²) in [6.45, 7) is 4.54. The molecule has 0 aliphatic rings. The van der Waals surface area contributed by atoms with E-state index in [-0.39, 0.29) is 12.6 Å². The first-order valence-electron chi connectivity index (χ1n) is 4.96. The molecule has 0 fully saturated rings. The molecule has 7 heteroatoms. The number of hydrogen-bond acceptors (Lipinski definition) is 5. The van der Waals surface area contributed by atoms with Gasteiger partial charge in [0.25, 0.3) is 0 Å². The van der Waals surface area contributed by atoms with Crippen LogP contribution in [0.2, 0.25) is 0 Å². The van der Waals surface area contributed by atoms with E-state index in [1.54, 1.807) is 14.0 Å². The summed E-state index contributed by atoms with van der Waals surface area (Å²) in [6.07, 6.45) is 0. The largest absolute Gasteiger partial charge is 0.383 e. The molecule has 0 aliphatic carbocycles. The highest BCUT2D eigenvalue weighted by Gasteiger charge is 2.03. The quantitative estimate of drug-likeness (QED) is 0.534. The fourth-order valence-electron chi connectivity index (χ4n) is 1.15. The maximum atomic E-state index is 5.65. The smallest absolute Gasteiger partial charge is 0.248 e. The second kappa shape index (κ2) is 6.06. The van der Waals surface area contributed by atoms with E-state index in [2.05, 4.69) is 20.4 Å². The summed E-state index contributed by atoms with van der Waals surface area (Å²) in [5.41, 5.74) is 5.65. The Kier molecular flexibility index (Phi) is 4.71. The maximum absolute atomic E-state index is 5.65. The molecule has 0 amide bonds. The molecule has 90 valence electrons. The molecule has 1 aromatic heterocycles. The zero-order valence-electron chi connectivity index (χ0n) is 9.73. The third-order valence-electron chi connectivity index (χ3n) is 1.77. The minimum Gasteiger partial charge on any atom is -0.383 e. The maximum Gasteiger partial charge on any atom is 0.248 e.